The van der Waals surface area contributed by atoms with Crippen molar-refractivity contribution in [2.45, 2.75) is 26.4 Å². The molecule has 0 fully saturated rings. The molecular formula is C22H22N2O3. The molecule has 0 radical (unpaired) electrons. The predicted octanol–water partition coefficient (Wildman–Crippen LogP) is 4.68. The number of hydrogen-bond acceptors (Lipinski definition) is 5. The lowest BCUT2D eigenvalue weighted by molar-refractivity contribution is 0.0468. The van der Waals surface area contributed by atoms with Crippen LogP contribution >= 0.6 is 0 Å². The molecule has 0 spiro atoms. The number of nitrogens with zero attached hydrogens (tertiary/aromatic N) is 2. The van der Waals surface area contributed by atoms with E-state index < -0.39 is 5.97 Å². The minimum absolute atomic E-state index is 0.215. The molecular weight excluding hydrogens is 340 g/mol. The van der Waals surface area contributed by atoms with Gasteiger partial charge in [0.2, 0.25) is 0 Å². The molecule has 0 saturated carbocycles. The van der Waals surface area contributed by atoms with Crippen LogP contribution in [0.4, 0.5) is 0 Å². The molecule has 3 aromatic rings. The summed E-state index contributed by atoms with van der Waals surface area (Å²) < 4.78 is 11.3. The van der Waals surface area contributed by atoms with Gasteiger partial charge in [-0.3, -0.25) is 0 Å². The van der Waals surface area contributed by atoms with Crippen LogP contribution in [-0.4, -0.2) is 22.5 Å². The first kappa shape index (κ1) is 18.6. The summed E-state index contributed by atoms with van der Waals surface area (Å²) in [6.07, 6.45) is 6.83. The number of hydrogen-bond donors (Lipinski definition) is 0. The van der Waals surface area contributed by atoms with Gasteiger partial charge in [0.1, 0.15) is 24.2 Å². The van der Waals surface area contributed by atoms with Crippen LogP contribution in [0.25, 0.3) is 11.1 Å². The lowest BCUT2D eigenvalue weighted by Gasteiger charge is -2.13. The highest BCUT2D eigenvalue weighted by atomic mass is 16.5. The SMILES string of the molecule is CCCCOc1ccc(-c2cncnc2)cc1C(=O)OCc1ccccc1. The molecule has 0 aliphatic heterocycles. The first-order valence-electron chi connectivity index (χ1n) is 9.01. The fourth-order valence-electron chi connectivity index (χ4n) is 2.57. The summed E-state index contributed by atoms with van der Waals surface area (Å²) in [4.78, 5) is 20.8. The molecule has 1 aromatic heterocycles. The van der Waals surface area contributed by atoms with Crippen molar-refractivity contribution in [1.82, 2.24) is 9.97 Å². The Kier molecular flexibility index (Phi) is 6.52. The molecule has 0 amide bonds. The van der Waals surface area contributed by atoms with Crippen molar-refractivity contribution in [1.29, 1.82) is 0 Å². The maximum Gasteiger partial charge on any atom is 0.342 e. The number of unbranched alkanes of at least 4 members (excludes halogenated alkanes) is 1. The molecule has 138 valence electrons. The molecule has 5 nitrogen and oxygen atoms in total. The summed E-state index contributed by atoms with van der Waals surface area (Å²) in [6.45, 7) is 2.87. The maximum atomic E-state index is 12.7. The molecule has 0 aliphatic carbocycles. The molecule has 3 rings (SSSR count). The molecule has 0 bridgehead atoms. The highest BCUT2D eigenvalue weighted by Gasteiger charge is 2.16. The Bertz CT molecular complexity index is 867. The normalized spacial score (nSPS) is 10.4. The van der Waals surface area contributed by atoms with Gasteiger partial charge in [0.05, 0.1) is 6.61 Å². The number of ether oxygens (including phenoxy) is 2. The number of esters is 1. The zero-order valence-electron chi connectivity index (χ0n) is 15.3. The van der Waals surface area contributed by atoms with Gasteiger partial charge in [-0.05, 0) is 29.7 Å². The zero-order chi connectivity index (χ0) is 18.9. The van der Waals surface area contributed by atoms with E-state index in [9.17, 15) is 4.79 Å². The van der Waals surface area contributed by atoms with Gasteiger partial charge < -0.3 is 9.47 Å². The van der Waals surface area contributed by atoms with E-state index in [0.717, 1.165) is 29.5 Å². The lowest BCUT2D eigenvalue weighted by atomic mass is 10.0. The second-order valence-corrected chi connectivity index (χ2v) is 6.10. The number of carbonyl (C=O) groups is 1. The van der Waals surface area contributed by atoms with Gasteiger partial charge in [-0.25, -0.2) is 14.8 Å². The molecule has 0 saturated heterocycles. The van der Waals surface area contributed by atoms with Crippen LogP contribution in [0.1, 0.15) is 35.7 Å². The van der Waals surface area contributed by atoms with E-state index in [1.165, 1.54) is 6.33 Å². The largest absolute Gasteiger partial charge is 0.493 e. The van der Waals surface area contributed by atoms with Crippen molar-refractivity contribution < 1.29 is 14.3 Å². The van der Waals surface area contributed by atoms with E-state index in [1.807, 2.05) is 36.4 Å². The van der Waals surface area contributed by atoms with Crippen LogP contribution < -0.4 is 4.74 Å². The third-order valence-electron chi connectivity index (χ3n) is 4.06. The van der Waals surface area contributed by atoms with Crippen molar-refractivity contribution in [3.63, 3.8) is 0 Å². The molecule has 1 heterocycles. The van der Waals surface area contributed by atoms with Crippen LogP contribution in [-0.2, 0) is 11.3 Å². The van der Waals surface area contributed by atoms with Crippen molar-refractivity contribution in [3.8, 4) is 16.9 Å². The van der Waals surface area contributed by atoms with Crippen molar-refractivity contribution in [2.24, 2.45) is 0 Å². The van der Waals surface area contributed by atoms with Gasteiger partial charge in [-0.2, -0.15) is 0 Å². The van der Waals surface area contributed by atoms with E-state index in [2.05, 4.69) is 16.9 Å². The number of benzene rings is 2. The summed E-state index contributed by atoms with van der Waals surface area (Å²) in [7, 11) is 0. The third kappa shape index (κ3) is 5.14. The smallest absolute Gasteiger partial charge is 0.342 e. The van der Waals surface area contributed by atoms with Gasteiger partial charge in [0, 0.05) is 18.0 Å². The topological polar surface area (TPSA) is 61.3 Å². The minimum Gasteiger partial charge on any atom is -0.493 e. The fourth-order valence-corrected chi connectivity index (χ4v) is 2.57. The number of carbonyl (C=O) groups excluding carboxylic acids is 1. The van der Waals surface area contributed by atoms with E-state index >= 15 is 0 Å². The first-order chi connectivity index (χ1) is 13.3. The van der Waals surface area contributed by atoms with Crippen molar-refractivity contribution in [3.05, 3.63) is 78.4 Å². The van der Waals surface area contributed by atoms with Crippen LogP contribution in [0.2, 0.25) is 0 Å². The monoisotopic (exact) mass is 362 g/mol. The van der Waals surface area contributed by atoms with E-state index in [4.69, 9.17) is 9.47 Å². The van der Waals surface area contributed by atoms with Gasteiger partial charge in [0.25, 0.3) is 0 Å². The van der Waals surface area contributed by atoms with Crippen LogP contribution in [0.3, 0.4) is 0 Å². The Hall–Kier alpha value is -3.21. The van der Waals surface area contributed by atoms with Gasteiger partial charge >= 0.3 is 5.97 Å². The summed E-state index contributed by atoms with van der Waals surface area (Å²) in [5, 5.41) is 0. The maximum absolute atomic E-state index is 12.7. The van der Waals surface area contributed by atoms with Gasteiger partial charge in [-0.1, -0.05) is 49.7 Å². The second-order valence-electron chi connectivity index (χ2n) is 6.10. The van der Waals surface area contributed by atoms with Gasteiger partial charge in [-0.15, -0.1) is 0 Å². The molecule has 0 atom stereocenters. The number of rotatable bonds is 8. The van der Waals surface area contributed by atoms with Crippen LogP contribution in [0.15, 0.2) is 67.3 Å². The summed E-state index contributed by atoms with van der Waals surface area (Å²) in [5.74, 6) is 0.117. The van der Waals surface area contributed by atoms with Crippen LogP contribution in [0, 0.1) is 0 Å². The Morgan fingerprint density at radius 1 is 1.00 bits per heavy atom. The minimum atomic E-state index is -0.413. The summed E-state index contributed by atoms with van der Waals surface area (Å²) in [5.41, 5.74) is 3.01. The summed E-state index contributed by atoms with van der Waals surface area (Å²) >= 11 is 0. The Balaban J connectivity index is 1.83. The van der Waals surface area contributed by atoms with Gasteiger partial charge in [0.15, 0.2) is 0 Å². The predicted molar refractivity (Wildman–Crippen MR) is 103 cm³/mol. The molecule has 27 heavy (non-hydrogen) atoms. The van der Waals surface area contributed by atoms with Crippen molar-refractivity contribution in [2.75, 3.05) is 6.61 Å². The van der Waals surface area contributed by atoms with E-state index in [-0.39, 0.29) is 6.61 Å². The zero-order valence-corrected chi connectivity index (χ0v) is 15.3. The average Bonchev–Trinajstić information content (AvgIpc) is 2.74. The molecule has 0 N–H and O–H groups in total. The fraction of sp³-hybridized carbons (Fsp3) is 0.227. The number of aromatic nitrogens is 2. The Labute approximate surface area is 159 Å². The molecule has 2 aromatic carbocycles. The molecule has 0 aliphatic rings. The quantitative estimate of drug-likeness (QED) is 0.430. The molecule has 5 heteroatoms. The Morgan fingerprint density at radius 2 is 1.78 bits per heavy atom. The van der Waals surface area contributed by atoms with Crippen molar-refractivity contribution >= 4 is 5.97 Å². The lowest BCUT2D eigenvalue weighted by Crippen LogP contribution is -2.09. The summed E-state index contributed by atoms with van der Waals surface area (Å²) in [6, 6.07) is 15.1. The highest BCUT2D eigenvalue weighted by molar-refractivity contribution is 5.94. The second kappa shape index (κ2) is 9.48. The van der Waals surface area contributed by atoms with Crippen LogP contribution in [0.5, 0.6) is 5.75 Å². The molecule has 0 unspecified atom stereocenters. The average molecular weight is 362 g/mol. The first-order valence-corrected chi connectivity index (χ1v) is 9.01. The Morgan fingerprint density at radius 3 is 2.52 bits per heavy atom. The van der Waals surface area contributed by atoms with E-state index in [1.54, 1.807) is 24.5 Å². The standard InChI is InChI=1S/C22H22N2O3/c1-2-3-11-26-21-10-9-18(19-13-23-16-24-14-19)12-20(21)22(25)27-15-17-7-5-4-6-8-17/h4-10,12-14,16H,2-3,11,15H2,1H3. The highest BCUT2D eigenvalue weighted by Crippen LogP contribution is 2.27. The van der Waals surface area contributed by atoms with E-state index in [0.29, 0.717) is 17.9 Å². The third-order valence-corrected chi connectivity index (χ3v) is 4.06.